The Morgan fingerprint density at radius 1 is 1.50 bits per heavy atom. The molecule has 6 heteroatoms. The molecule has 1 unspecified atom stereocenters. The number of aromatic nitrogens is 5. The number of aryl methyl sites for hydroxylation is 1. The van der Waals surface area contributed by atoms with Crippen LogP contribution in [0.1, 0.15) is 17.9 Å². The van der Waals surface area contributed by atoms with Crippen LogP contribution < -0.4 is 5.73 Å². The lowest BCUT2D eigenvalue weighted by molar-refractivity contribution is 0.465. The van der Waals surface area contributed by atoms with E-state index < -0.39 is 0 Å². The molecular formula is C10H14N6. The maximum Gasteiger partial charge on any atom is 0.184 e. The van der Waals surface area contributed by atoms with Crippen molar-refractivity contribution in [3.05, 3.63) is 17.6 Å². The summed E-state index contributed by atoms with van der Waals surface area (Å²) >= 11 is 0. The summed E-state index contributed by atoms with van der Waals surface area (Å²) in [7, 11) is 0. The number of aromatic amines is 1. The Labute approximate surface area is 92.9 Å². The van der Waals surface area contributed by atoms with Gasteiger partial charge in [-0.1, -0.05) is 0 Å². The Hall–Kier alpha value is -1.69. The molecule has 0 spiro atoms. The highest BCUT2D eigenvalue weighted by Gasteiger charge is 2.22. The maximum absolute atomic E-state index is 5.90. The van der Waals surface area contributed by atoms with Gasteiger partial charge in [0.2, 0.25) is 0 Å². The van der Waals surface area contributed by atoms with Crippen LogP contribution in [-0.2, 0) is 13.0 Å². The molecule has 2 aromatic heterocycles. The summed E-state index contributed by atoms with van der Waals surface area (Å²) < 4.78 is 2.11. The molecule has 1 aliphatic heterocycles. The topological polar surface area (TPSA) is 85.4 Å². The van der Waals surface area contributed by atoms with Gasteiger partial charge in [0.25, 0.3) is 0 Å². The molecule has 3 rings (SSSR count). The van der Waals surface area contributed by atoms with Crippen molar-refractivity contribution in [2.24, 2.45) is 5.73 Å². The molecule has 16 heavy (non-hydrogen) atoms. The first kappa shape index (κ1) is 9.53. The Balaban J connectivity index is 2.03. The van der Waals surface area contributed by atoms with Gasteiger partial charge in [0.1, 0.15) is 11.5 Å². The van der Waals surface area contributed by atoms with E-state index in [1.165, 1.54) is 0 Å². The highest BCUT2D eigenvalue weighted by molar-refractivity contribution is 5.49. The summed E-state index contributed by atoms with van der Waals surface area (Å²) in [4.78, 5) is 0. The normalized spacial score (nSPS) is 19.8. The molecule has 1 aliphatic rings. The van der Waals surface area contributed by atoms with Gasteiger partial charge in [-0.15, -0.1) is 10.2 Å². The zero-order valence-electron chi connectivity index (χ0n) is 9.14. The molecule has 2 aromatic rings. The van der Waals surface area contributed by atoms with E-state index in [2.05, 4.69) is 25.0 Å². The maximum atomic E-state index is 5.90. The standard InChI is InChI=1S/C10H14N6/c1-6-4-8(13-12-6)10-15-14-9-5-7(11)2-3-16(9)10/h4,7H,2-3,5,11H2,1H3,(H,12,13). The number of hydrogen-bond donors (Lipinski definition) is 2. The number of hydrogen-bond acceptors (Lipinski definition) is 4. The molecule has 0 amide bonds. The number of H-pyrrole nitrogens is 1. The van der Waals surface area contributed by atoms with E-state index in [1.54, 1.807) is 0 Å². The molecule has 6 nitrogen and oxygen atoms in total. The lowest BCUT2D eigenvalue weighted by atomic mass is 10.1. The van der Waals surface area contributed by atoms with Gasteiger partial charge in [-0.2, -0.15) is 5.10 Å². The summed E-state index contributed by atoms with van der Waals surface area (Å²) in [6.07, 6.45) is 1.78. The molecule has 0 radical (unpaired) electrons. The van der Waals surface area contributed by atoms with Crippen molar-refractivity contribution in [3.63, 3.8) is 0 Å². The lowest BCUT2D eigenvalue weighted by Crippen LogP contribution is -2.31. The highest BCUT2D eigenvalue weighted by atomic mass is 15.3. The van der Waals surface area contributed by atoms with E-state index in [0.717, 1.165) is 42.4 Å². The first-order valence-corrected chi connectivity index (χ1v) is 5.44. The molecule has 0 aliphatic carbocycles. The van der Waals surface area contributed by atoms with E-state index in [4.69, 9.17) is 5.73 Å². The van der Waals surface area contributed by atoms with Crippen molar-refractivity contribution >= 4 is 0 Å². The van der Waals surface area contributed by atoms with Gasteiger partial charge >= 0.3 is 0 Å². The zero-order valence-corrected chi connectivity index (χ0v) is 9.14. The largest absolute Gasteiger partial charge is 0.327 e. The molecule has 0 saturated heterocycles. The molecular weight excluding hydrogens is 204 g/mol. The van der Waals surface area contributed by atoms with Crippen LogP contribution in [0, 0.1) is 6.92 Å². The summed E-state index contributed by atoms with van der Waals surface area (Å²) in [5, 5.41) is 15.5. The third-order valence-corrected chi connectivity index (χ3v) is 2.93. The van der Waals surface area contributed by atoms with Crippen LogP contribution in [0.5, 0.6) is 0 Å². The first-order valence-electron chi connectivity index (χ1n) is 5.44. The number of fused-ring (bicyclic) bond motifs is 1. The summed E-state index contributed by atoms with van der Waals surface area (Å²) in [5.74, 6) is 1.81. The average Bonchev–Trinajstić information content (AvgIpc) is 2.83. The molecule has 84 valence electrons. The van der Waals surface area contributed by atoms with Crippen molar-refractivity contribution in [1.82, 2.24) is 25.0 Å². The predicted molar refractivity (Wildman–Crippen MR) is 58.6 cm³/mol. The molecule has 3 N–H and O–H groups in total. The van der Waals surface area contributed by atoms with Gasteiger partial charge in [-0.25, -0.2) is 0 Å². The van der Waals surface area contributed by atoms with Crippen LogP contribution in [-0.4, -0.2) is 31.0 Å². The molecule has 0 fully saturated rings. The van der Waals surface area contributed by atoms with Gasteiger partial charge < -0.3 is 10.3 Å². The van der Waals surface area contributed by atoms with Crippen molar-refractivity contribution in [2.45, 2.75) is 32.4 Å². The predicted octanol–water partition coefficient (Wildman–Crippen LogP) is 0.250. The second-order valence-electron chi connectivity index (χ2n) is 4.28. The van der Waals surface area contributed by atoms with E-state index in [-0.39, 0.29) is 6.04 Å². The summed E-state index contributed by atoms with van der Waals surface area (Å²) in [5.41, 5.74) is 7.78. The van der Waals surface area contributed by atoms with Crippen LogP contribution in [0.25, 0.3) is 11.5 Å². The van der Waals surface area contributed by atoms with Crippen LogP contribution in [0.15, 0.2) is 6.07 Å². The number of nitrogens with zero attached hydrogens (tertiary/aromatic N) is 4. The fourth-order valence-electron chi connectivity index (χ4n) is 2.07. The third-order valence-electron chi connectivity index (χ3n) is 2.93. The van der Waals surface area contributed by atoms with E-state index >= 15 is 0 Å². The zero-order chi connectivity index (χ0) is 11.1. The van der Waals surface area contributed by atoms with Crippen LogP contribution in [0.4, 0.5) is 0 Å². The van der Waals surface area contributed by atoms with Crippen LogP contribution >= 0.6 is 0 Å². The number of nitrogens with two attached hydrogens (primary N) is 1. The number of nitrogens with one attached hydrogen (secondary N) is 1. The van der Waals surface area contributed by atoms with Crippen LogP contribution in [0.3, 0.4) is 0 Å². The Morgan fingerprint density at radius 2 is 2.38 bits per heavy atom. The van der Waals surface area contributed by atoms with Crippen molar-refractivity contribution in [1.29, 1.82) is 0 Å². The first-order chi connectivity index (χ1) is 7.74. The molecule has 0 aromatic carbocycles. The quantitative estimate of drug-likeness (QED) is 0.718. The second kappa shape index (κ2) is 3.41. The fraction of sp³-hybridized carbons (Fsp3) is 0.500. The smallest absolute Gasteiger partial charge is 0.184 e. The summed E-state index contributed by atoms with van der Waals surface area (Å²) in [6, 6.07) is 2.19. The summed E-state index contributed by atoms with van der Waals surface area (Å²) in [6.45, 7) is 2.85. The van der Waals surface area contributed by atoms with Gasteiger partial charge in [0.15, 0.2) is 5.82 Å². The Bertz CT molecular complexity index is 511. The minimum atomic E-state index is 0.213. The van der Waals surface area contributed by atoms with E-state index in [1.807, 2.05) is 13.0 Å². The van der Waals surface area contributed by atoms with Crippen molar-refractivity contribution in [2.75, 3.05) is 0 Å². The van der Waals surface area contributed by atoms with Crippen molar-refractivity contribution < 1.29 is 0 Å². The van der Waals surface area contributed by atoms with Crippen molar-refractivity contribution in [3.8, 4) is 11.5 Å². The minimum absolute atomic E-state index is 0.213. The highest BCUT2D eigenvalue weighted by Crippen LogP contribution is 2.21. The molecule has 3 heterocycles. The minimum Gasteiger partial charge on any atom is -0.327 e. The van der Waals surface area contributed by atoms with E-state index in [0.29, 0.717) is 0 Å². The monoisotopic (exact) mass is 218 g/mol. The molecule has 1 atom stereocenters. The SMILES string of the molecule is Cc1cc(-c2nnc3n2CCC(N)C3)n[nH]1. The Morgan fingerprint density at radius 3 is 3.12 bits per heavy atom. The van der Waals surface area contributed by atoms with Gasteiger partial charge in [-0.3, -0.25) is 5.10 Å². The average molecular weight is 218 g/mol. The van der Waals surface area contributed by atoms with Gasteiger partial charge in [-0.05, 0) is 19.4 Å². The molecule has 0 bridgehead atoms. The second-order valence-corrected chi connectivity index (χ2v) is 4.28. The third kappa shape index (κ3) is 1.42. The number of rotatable bonds is 1. The molecule has 0 saturated carbocycles. The fourth-order valence-corrected chi connectivity index (χ4v) is 2.07. The van der Waals surface area contributed by atoms with Gasteiger partial charge in [0, 0.05) is 24.7 Å². The lowest BCUT2D eigenvalue weighted by Gasteiger charge is -2.19. The van der Waals surface area contributed by atoms with Gasteiger partial charge in [0.05, 0.1) is 0 Å². The van der Waals surface area contributed by atoms with Crippen LogP contribution in [0.2, 0.25) is 0 Å². The van der Waals surface area contributed by atoms with E-state index in [9.17, 15) is 0 Å². The Kier molecular flexibility index (Phi) is 2.03.